The van der Waals surface area contributed by atoms with Crippen LogP contribution >= 0.6 is 11.6 Å². The number of rotatable bonds is 4. The predicted octanol–water partition coefficient (Wildman–Crippen LogP) is 2.60. The monoisotopic (exact) mass is 213 g/mol. The first-order valence-corrected chi connectivity index (χ1v) is 5.26. The molecule has 1 heterocycles. The predicted molar refractivity (Wildman–Crippen MR) is 59.8 cm³/mol. The molecule has 1 rings (SSSR count). The van der Waals surface area contributed by atoms with Gasteiger partial charge in [-0.05, 0) is 20.3 Å². The van der Waals surface area contributed by atoms with Crippen LogP contribution in [0.25, 0.3) is 0 Å². The van der Waals surface area contributed by atoms with Gasteiger partial charge in [0.25, 0.3) is 0 Å². The zero-order chi connectivity index (χ0) is 10.6. The summed E-state index contributed by atoms with van der Waals surface area (Å²) in [4.78, 5) is 8.39. The minimum Gasteiger partial charge on any atom is -0.362 e. The smallest absolute Gasteiger partial charge is 0.147 e. The lowest BCUT2D eigenvalue weighted by molar-refractivity contribution is 0.550. The summed E-state index contributed by atoms with van der Waals surface area (Å²) in [6, 6.07) is 0. The fraction of sp³-hybridized carbons (Fsp3) is 0.600. The van der Waals surface area contributed by atoms with Crippen LogP contribution in [0.4, 0.5) is 5.82 Å². The van der Waals surface area contributed by atoms with Crippen LogP contribution in [-0.2, 0) is 0 Å². The van der Waals surface area contributed by atoms with Crippen LogP contribution < -0.4 is 5.32 Å². The molecule has 1 unspecified atom stereocenters. The maximum atomic E-state index is 5.90. The highest BCUT2D eigenvalue weighted by molar-refractivity contribution is 6.18. The number of hydrogen-bond acceptors (Lipinski definition) is 3. The molecule has 1 atom stereocenters. The molecule has 0 aliphatic carbocycles. The minimum absolute atomic E-state index is 0.109. The normalized spacial score (nSPS) is 14.9. The van der Waals surface area contributed by atoms with Gasteiger partial charge in [0.2, 0.25) is 0 Å². The van der Waals surface area contributed by atoms with Crippen LogP contribution in [0.3, 0.4) is 0 Å². The quantitative estimate of drug-likeness (QED) is 0.782. The summed E-state index contributed by atoms with van der Waals surface area (Å²) in [6.07, 6.45) is 4.32. The van der Waals surface area contributed by atoms with Gasteiger partial charge in [-0.1, -0.05) is 6.92 Å². The van der Waals surface area contributed by atoms with Crippen LogP contribution in [0, 0.1) is 6.92 Å². The molecule has 0 radical (unpaired) electrons. The number of nitrogens with one attached hydrogen (secondary N) is 1. The van der Waals surface area contributed by atoms with Crippen LogP contribution in [0.1, 0.15) is 26.0 Å². The van der Waals surface area contributed by atoms with E-state index in [9.17, 15) is 0 Å². The Morgan fingerprint density at radius 1 is 1.43 bits per heavy atom. The summed E-state index contributed by atoms with van der Waals surface area (Å²) in [7, 11) is 0. The summed E-state index contributed by atoms with van der Waals surface area (Å²) >= 11 is 5.90. The number of halogens is 1. The highest BCUT2D eigenvalue weighted by Crippen LogP contribution is 2.19. The SMILES string of the molecule is CCC(C)(CCl)Nc1nccnc1C. The van der Waals surface area contributed by atoms with Crippen molar-refractivity contribution in [3.05, 3.63) is 18.1 Å². The summed E-state index contributed by atoms with van der Waals surface area (Å²) in [6.45, 7) is 6.11. The van der Waals surface area contributed by atoms with E-state index in [0.717, 1.165) is 17.9 Å². The molecule has 4 heteroatoms. The van der Waals surface area contributed by atoms with Gasteiger partial charge in [-0.3, -0.25) is 4.98 Å². The Hall–Kier alpha value is -0.830. The zero-order valence-corrected chi connectivity index (χ0v) is 9.60. The van der Waals surface area contributed by atoms with Crippen LogP contribution in [-0.4, -0.2) is 21.4 Å². The molecule has 0 saturated carbocycles. The highest BCUT2D eigenvalue weighted by atomic mass is 35.5. The molecule has 3 nitrogen and oxygen atoms in total. The van der Waals surface area contributed by atoms with E-state index >= 15 is 0 Å². The Morgan fingerprint density at radius 3 is 2.57 bits per heavy atom. The van der Waals surface area contributed by atoms with Crippen molar-refractivity contribution in [1.29, 1.82) is 0 Å². The van der Waals surface area contributed by atoms with Crippen molar-refractivity contribution in [2.24, 2.45) is 0 Å². The van der Waals surface area contributed by atoms with Gasteiger partial charge in [0.1, 0.15) is 5.82 Å². The van der Waals surface area contributed by atoms with Crippen molar-refractivity contribution in [1.82, 2.24) is 9.97 Å². The summed E-state index contributed by atoms with van der Waals surface area (Å²) in [5.74, 6) is 1.37. The van der Waals surface area contributed by atoms with Gasteiger partial charge in [-0.2, -0.15) is 0 Å². The zero-order valence-electron chi connectivity index (χ0n) is 8.84. The summed E-state index contributed by atoms with van der Waals surface area (Å²) in [5, 5.41) is 3.32. The van der Waals surface area contributed by atoms with Gasteiger partial charge in [-0.25, -0.2) is 4.98 Å². The number of aryl methyl sites for hydroxylation is 1. The van der Waals surface area contributed by atoms with Gasteiger partial charge in [0.05, 0.1) is 5.69 Å². The third-order valence-corrected chi connectivity index (χ3v) is 2.97. The van der Waals surface area contributed by atoms with E-state index < -0.39 is 0 Å². The maximum absolute atomic E-state index is 5.90. The van der Waals surface area contributed by atoms with Crippen LogP contribution in [0.15, 0.2) is 12.4 Å². The molecule has 14 heavy (non-hydrogen) atoms. The molecule has 0 aromatic carbocycles. The molecular weight excluding hydrogens is 198 g/mol. The number of alkyl halides is 1. The van der Waals surface area contributed by atoms with E-state index in [0.29, 0.717) is 5.88 Å². The maximum Gasteiger partial charge on any atom is 0.147 e. The molecule has 0 bridgehead atoms. The van der Waals surface area contributed by atoms with Crippen LogP contribution in [0.5, 0.6) is 0 Å². The van der Waals surface area contributed by atoms with E-state index in [2.05, 4.69) is 29.1 Å². The number of hydrogen-bond donors (Lipinski definition) is 1. The minimum atomic E-state index is -0.109. The number of anilines is 1. The third-order valence-electron chi connectivity index (χ3n) is 2.38. The fourth-order valence-electron chi connectivity index (χ4n) is 1.03. The van der Waals surface area contributed by atoms with Crippen molar-refractivity contribution in [2.75, 3.05) is 11.2 Å². The molecule has 1 aromatic heterocycles. The second-order valence-electron chi connectivity index (χ2n) is 3.66. The molecule has 0 amide bonds. The molecule has 1 aromatic rings. The average Bonchev–Trinajstić information content (AvgIpc) is 2.21. The second-order valence-corrected chi connectivity index (χ2v) is 3.93. The fourth-order valence-corrected chi connectivity index (χ4v) is 1.29. The third kappa shape index (κ3) is 2.58. The Labute approximate surface area is 89.9 Å². The van der Waals surface area contributed by atoms with Gasteiger partial charge in [-0.15, -0.1) is 11.6 Å². The molecular formula is C10H16ClN3. The molecule has 0 aliphatic rings. The van der Waals surface area contributed by atoms with E-state index in [-0.39, 0.29) is 5.54 Å². The lowest BCUT2D eigenvalue weighted by Crippen LogP contribution is -2.36. The number of nitrogens with zero attached hydrogens (tertiary/aromatic N) is 2. The van der Waals surface area contributed by atoms with Gasteiger partial charge in [0, 0.05) is 23.8 Å². The topological polar surface area (TPSA) is 37.8 Å². The molecule has 0 saturated heterocycles. The first-order chi connectivity index (χ1) is 6.61. The van der Waals surface area contributed by atoms with E-state index in [1.807, 2.05) is 6.92 Å². The van der Waals surface area contributed by atoms with E-state index in [1.54, 1.807) is 12.4 Å². The highest BCUT2D eigenvalue weighted by Gasteiger charge is 2.21. The Balaban J connectivity index is 2.82. The second kappa shape index (κ2) is 4.60. The van der Waals surface area contributed by atoms with Gasteiger partial charge in [0.15, 0.2) is 0 Å². The van der Waals surface area contributed by atoms with Crippen LogP contribution in [0.2, 0.25) is 0 Å². The first-order valence-electron chi connectivity index (χ1n) is 4.73. The largest absolute Gasteiger partial charge is 0.362 e. The average molecular weight is 214 g/mol. The summed E-state index contributed by atoms with van der Waals surface area (Å²) in [5.41, 5.74) is 0.791. The Bertz CT molecular complexity index is 297. The molecule has 0 spiro atoms. The van der Waals surface area contributed by atoms with E-state index in [1.165, 1.54) is 0 Å². The van der Waals surface area contributed by atoms with Crippen molar-refractivity contribution < 1.29 is 0 Å². The summed E-state index contributed by atoms with van der Waals surface area (Å²) < 4.78 is 0. The Kier molecular flexibility index (Phi) is 3.69. The molecule has 1 N–H and O–H groups in total. The lowest BCUT2D eigenvalue weighted by atomic mass is 10.0. The van der Waals surface area contributed by atoms with Crippen molar-refractivity contribution in [3.8, 4) is 0 Å². The van der Waals surface area contributed by atoms with Crippen molar-refractivity contribution in [3.63, 3.8) is 0 Å². The van der Waals surface area contributed by atoms with Crippen molar-refractivity contribution in [2.45, 2.75) is 32.7 Å². The molecule has 0 fully saturated rings. The molecule has 0 aliphatic heterocycles. The van der Waals surface area contributed by atoms with E-state index in [4.69, 9.17) is 11.6 Å². The Morgan fingerprint density at radius 2 is 2.07 bits per heavy atom. The van der Waals surface area contributed by atoms with Crippen molar-refractivity contribution >= 4 is 17.4 Å². The first kappa shape index (κ1) is 11.2. The standard InChI is InChI=1S/C10H16ClN3/c1-4-10(3,7-11)14-9-8(2)12-5-6-13-9/h5-6H,4,7H2,1-3H3,(H,13,14). The number of aromatic nitrogens is 2. The lowest BCUT2D eigenvalue weighted by Gasteiger charge is -2.28. The van der Waals surface area contributed by atoms with Gasteiger partial charge < -0.3 is 5.32 Å². The van der Waals surface area contributed by atoms with Gasteiger partial charge >= 0.3 is 0 Å². The molecule has 78 valence electrons.